The lowest BCUT2D eigenvalue weighted by Gasteiger charge is -2.21. The molecule has 0 spiro atoms. The maximum atomic E-state index is 11.3. The fraction of sp³-hybridized carbons (Fsp3) is 0.444. The first kappa shape index (κ1) is 21.1. The van der Waals surface area contributed by atoms with Crippen LogP contribution in [0, 0.1) is 0 Å². The number of rotatable bonds is 8. The third kappa shape index (κ3) is 7.78. The molecule has 0 aromatic heterocycles. The Labute approximate surface area is 151 Å². The fourth-order valence-corrected chi connectivity index (χ4v) is 2.14. The normalized spacial score (nSPS) is 12.5. The lowest BCUT2D eigenvalue weighted by atomic mass is 10.0. The van der Waals surface area contributed by atoms with E-state index in [9.17, 15) is 19.2 Å². The quantitative estimate of drug-likeness (QED) is 0.508. The zero-order valence-corrected chi connectivity index (χ0v) is 15.1. The molecule has 0 aliphatic heterocycles. The van der Waals surface area contributed by atoms with Crippen LogP contribution >= 0.6 is 0 Å². The summed E-state index contributed by atoms with van der Waals surface area (Å²) in [5.74, 6) is -2.09. The molecule has 8 nitrogen and oxygen atoms in total. The van der Waals surface area contributed by atoms with Crippen LogP contribution in [-0.4, -0.2) is 37.1 Å². The van der Waals surface area contributed by atoms with Crippen LogP contribution in [0.25, 0.3) is 0 Å². The summed E-state index contributed by atoms with van der Waals surface area (Å²) >= 11 is 0. The summed E-state index contributed by atoms with van der Waals surface area (Å²) in [6.07, 6.45) is -1.63. The molecule has 0 bridgehead atoms. The summed E-state index contributed by atoms with van der Waals surface area (Å²) in [6.45, 7) is 4.68. The van der Waals surface area contributed by atoms with Crippen LogP contribution in [0.4, 0.5) is 0 Å². The number of benzene rings is 1. The Balaban J connectivity index is 3.08. The van der Waals surface area contributed by atoms with Crippen LogP contribution in [-0.2, 0) is 38.1 Å². The molecule has 0 aliphatic rings. The van der Waals surface area contributed by atoms with Crippen LogP contribution in [0.5, 0.6) is 0 Å². The standard InChI is InChI=1S/C18H22O8/c1-11(19)23-9-17(25-13(3)21)15-6-5-7-16(8-15)18(26-14(4)22)10-24-12(2)20/h5-8,17-18H,9-10H2,1-4H3/t17-,18-/m1/s1. The minimum Gasteiger partial charge on any atom is -0.462 e. The van der Waals surface area contributed by atoms with Gasteiger partial charge in [0.15, 0.2) is 12.2 Å². The highest BCUT2D eigenvalue weighted by atomic mass is 16.6. The lowest BCUT2D eigenvalue weighted by molar-refractivity contribution is -0.157. The highest BCUT2D eigenvalue weighted by Gasteiger charge is 2.21. The second-order valence-corrected chi connectivity index (χ2v) is 5.47. The Kier molecular flexibility index (Phi) is 8.27. The number of esters is 4. The van der Waals surface area contributed by atoms with E-state index in [0.717, 1.165) is 0 Å². The molecule has 0 heterocycles. The van der Waals surface area contributed by atoms with E-state index in [4.69, 9.17) is 18.9 Å². The molecule has 0 saturated carbocycles. The Morgan fingerprint density at radius 3 is 1.42 bits per heavy atom. The summed E-state index contributed by atoms with van der Waals surface area (Å²) in [7, 11) is 0. The molecule has 0 fully saturated rings. The Bertz CT molecular complexity index is 614. The molecule has 0 unspecified atom stereocenters. The van der Waals surface area contributed by atoms with Crippen molar-refractivity contribution >= 4 is 23.9 Å². The molecule has 0 N–H and O–H groups in total. The van der Waals surface area contributed by atoms with Gasteiger partial charge in [0, 0.05) is 27.7 Å². The van der Waals surface area contributed by atoms with Gasteiger partial charge in [-0.25, -0.2) is 0 Å². The first-order chi connectivity index (χ1) is 12.2. The van der Waals surface area contributed by atoms with Gasteiger partial charge in [-0.3, -0.25) is 19.2 Å². The smallest absolute Gasteiger partial charge is 0.303 e. The summed E-state index contributed by atoms with van der Waals surface area (Å²) in [5, 5.41) is 0. The van der Waals surface area contributed by atoms with Gasteiger partial charge < -0.3 is 18.9 Å². The van der Waals surface area contributed by atoms with Gasteiger partial charge in [0.05, 0.1) is 0 Å². The highest BCUT2D eigenvalue weighted by Crippen LogP contribution is 2.25. The van der Waals surface area contributed by atoms with Gasteiger partial charge in [-0.05, 0) is 17.2 Å². The zero-order chi connectivity index (χ0) is 19.7. The van der Waals surface area contributed by atoms with Gasteiger partial charge in [0.25, 0.3) is 0 Å². The van der Waals surface area contributed by atoms with E-state index < -0.39 is 36.1 Å². The Morgan fingerprint density at radius 2 is 1.12 bits per heavy atom. The molecule has 0 saturated heterocycles. The molecule has 0 aliphatic carbocycles. The van der Waals surface area contributed by atoms with Crippen molar-refractivity contribution in [2.45, 2.75) is 39.9 Å². The van der Waals surface area contributed by atoms with Crippen LogP contribution in [0.3, 0.4) is 0 Å². The van der Waals surface area contributed by atoms with Gasteiger partial charge in [-0.15, -0.1) is 0 Å². The summed E-state index contributed by atoms with van der Waals surface area (Å²) < 4.78 is 20.2. The van der Waals surface area contributed by atoms with Crippen molar-refractivity contribution in [3.8, 4) is 0 Å². The predicted molar refractivity (Wildman–Crippen MR) is 88.7 cm³/mol. The summed E-state index contributed by atoms with van der Waals surface area (Å²) in [6, 6.07) is 6.65. The van der Waals surface area contributed by atoms with Crippen molar-refractivity contribution in [1.29, 1.82) is 0 Å². The van der Waals surface area contributed by atoms with Crippen molar-refractivity contribution in [3.05, 3.63) is 35.4 Å². The number of carbonyl (C=O) groups is 4. The van der Waals surface area contributed by atoms with Gasteiger partial charge in [-0.1, -0.05) is 18.2 Å². The monoisotopic (exact) mass is 366 g/mol. The molecule has 0 amide bonds. The number of ether oxygens (including phenoxy) is 4. The average molecular weight is 366 g/mol. The lowest BCUT2D eigenvalue weighted by Crippen LogP contribution is -2.19. The maximum Gasteiger partial charge on any atom is 0.303 e. The first-order valence-corrected chi connectivity index (χ1v) is 7.90. The van der Waals surface area contributed by atoms with Gasteiger partial charge in [-0.2, -0.15) is 0 Å². The van der Waals surface area contributed by atoms with Crippen molar-refractivity contribution < 1.29 is 38.1 Å². The third-order valence-electron chi connectivity index (χ3n) is 3.15. The molecule has 1 rings (SSSR count). The zero-order valence-electron chi connectivity index (χ0n) is 15.1. The molecular weight excluding hydrogens is 344 g/mol. The number of carbonyl (C=O) groups excluding carboxylic acids is 4. The Morgan fingerprint density at radius 1 is 0.731 bits per heavy atom. The largest absolute Gasteiger partial charge is 0.462 e. The molecule has 142 valence electrons. The first-order valence-electron chi connectivity index (χ1n) is 7.90. The topological polar surface area (TPSA) is 105 Å². The van der Waals surface area contributed by atoms with Crippen molar-refractivity contribution in [3.63, 3.8) is 0 Å². The summed E-state index contributed by atoms with van der Waals surface area (Å²) in [4.78, 5) is 44.7. The summed E-state index contributed by atoms with van der Waals surface area (Å²) in [5.41, 5.74) is 1.08. The predicted octanol–water partition coefficient (Wildman–Crippen LogP) is 2.02. The van der Waals surface area contributed by atoms with E-state index in [0.29, 0.717) is 11.1 Å². The van der Waals surface area contributed by atoms with E-state index >= 15 is 0 Å². The highest BCUT2D eigenvalue weighted by molar-refractivity contribution is 5.68. The number of hydrogen-bond donors (Lipinski definition) is 0. The average Bonchev–Trinajstić information content (AvgIpc) is 2.54. The van der Waals surface area contributed by atoms with Crippen LogP contribution in [0.15, 0.2) is 24.3 Å². The van der Waals surface area contributed by atoms with Gasteiger partial charge >= 0.3 is 23.9 Å². The number of hydrogen-bond acceptors (Lipinski definition) is 8. The van der Waals surface area contributed by atoms with E-state index in [2.05, 4.69) is 0 Å². The van der Waals surface area contributed by atoms with Crippen LogP contribution < -0.4 is 0 Å². The third-order valence-corrected chi connectivity index (χ3v) is 3.15. The van der Waals surface area contributed by atoms with Gasteiger partial charge in [0.2, 0.25) is 0 Å². The van der Waals surface area contributed by atoms with Crippen molar-refractivity contribution in [2.75, 3.05) is 13.2 Å². The SMILES string of the molecule is CC(=O)OC[C@@H](OC(C)=O)c1cccc([C@@H](COC(C)=O)OC(C)=O)c1. The van der Waals surface area contributed by atoms with Crippen LogP contribution in [0.1, 0.15) is 51.0 Å². The van der Waals surface area contributed by atoms with Crippen molar-refractivity contribution in [1.82, 2.24) is 0 Å². The molecule has 2 atom stereocenters. The van der Waals surface area contributed by atoms with E-state index in [1.54, 1.807) is 24.3 Å². The fourth-order valence-electron chi connectivity index (χ4n) is 2.14. The molecule has 1 aromatic carbocycles. The molecular formula is C18H22O8. The second-order valence-electron chi connectivity index (χ2n) is 5.47. The maximum absolute atomic E-state index is 11.3. The van der Waals surface area contributed by atoms with Gasteiger partial charge in [0.1, 0.15) is 13.2 Å². The molecule has 0 radical (unpaired) electrons. The van der Waals surface area contributed by atoms with E-state index in [1.165, 1.54) is 27.7 Å². The molecule has 8 heteroatoms. The second kappa shape index (κ2) is 10.2. The Hall–Kier alpha value is -2.90. The molecule has 1 aromatic rings. The minimum absolute atomic E-state index is 0.152. The minimum atomic E-state index is -0.817. The molecule has 26 heavy (non-hydrogen) atoms. The van der Waals surface area contributed by atoms with E-state index in [-0.39, 0.29) is 13.2 Å². The van der Waals surface area contributed by atoms with Crippen LogP contribution in [0.2, 0.25) is 0 Å². The van der Waals surface area contributed by atoms with E-state index in [1.807, 2.05) is 0 Å². The van der Waals surface area contributed by atoms with Crippen molar-refractivity contribution in [2.24, 2.45) is 0 Å².